The van der Waals surface area contributed by atoms with Crippen LogP contribution in [0.15, 0.2) is 78.9 Å². The number of amides is 2. The molecule has 0 aromatic heterocycles. The van der Waals surface area contributed by atoms with E-state index in [1.54, 1.807) is 23.1 Å². The topological polar surface area (TPSA) is 49.4 Å². The highest BCUT2D eigenvalue weighted by Gasteiger charge is 2.30. The van der Waals surface area contributed by atoms with Crippen molar-refractivity contribution in [2.24, 2.45) is 0 Å². The lowest BCUT2D eigenvalue weighted by Gasteiger charge is -2.31. The third-order valence-electron chi connectivity index (χ3n) is 5.50. The van der Waals surface area contributed by atoms with Gasteiger partial charge in [0.1, 0.15) is 11.9 Å². The van der Waals surface area contributed by atoms with E-state index >= 15 is 0 Å². The number of aryl methyl sites for hydroxylation is 1. The van der Waals surface area contributed by atoms with Crippen LogP contribution in [-0.2, 0) is 28.3 Å². The quantitative estimate of drug-likeness (QED) is 0.415. The molecule has 1 N–H and O–H groups in total. The van der Waals surface area contributed by atoms with Crippen molar-refractivity contribution in [1.29, 1.82) is 0 Å². The van der Waals surface area contributed by atoms with Gasteiger partial charge in [0.2, 0.25) is 11.8 Å². The predicted octanol–water partition coefficient (Wildman–Crippen LogP) is 5.14. The number of thioether (sulfide) groups is 1. The molecule has 4 nitrogen and oxygen atoms in total. The molecule has 6 heteroatoms. The maximum Gasteiger partial charge on any atom is 0.243 e. The van der Waals surface area contributed by atoms with Crippen LogP contribution in [0.4, 0.5) is 4.39 Å². The number of benzene rings is 3. The number of carbonyl (C=O) groups is 2. The Morgan fingerprint density at radius 3 is 2.38 bits per heavy atom. The van der Waals surface area contributed by atoms with Crippen LogP contribution in [0.1, 0.15) is 29.2 Å². The highest BCUT2D eigenvalue weighted by Crippen LogP contribution is 2.20. The van der Waals surface area contributed by atoms with Crippen molar-refractivity contribution in [2.75, 3.05) is 12.3 Å². The highest BCUT2D eigenvalue weighted by atomic mass is 32.2. The van der Waals surface area contributed by atoms with Gasteiger partial charge in [-0.05, 0) is 36.6 Å². The molecule has 3 rings (SSSR count). The third-order valence-corrected chi connectivity index (χ3v) is 6.46. The van der Waals surface area contributed by atoms with E-state index in [2.05, 4.69) is 5.32 Å². The van der Waals surface area contributed by atoms with Gasteiger partial charge in [0.15, 0.2) is 0 Å². The lowest BCUT2D eigenvalue weighted by Crippen LogP contribution is -2.51. The maximum absolute atomic E-state index is 14.0. The number of carbonyl (C=O) groups excluding carboxylic acids is 2. The fourth-order valence-electron chi connectivity index (χ4n) is 3.80. The summed E-state index contributed by atoms with van der Waals surface area (Å²) in [4.78, 5) is 28.3. The van der Waals surface area contributed by atoms with E-state index in [4.69, 9.17) is 0 Å². The first-order chi connectivity index (χ1) is 16.5. The van der Waals surface area contributed by atoms with E-state index < -0.39 is 6.04 Å². The van der Waals surface area contributed by atoms with Crippen molar-refractivity contribution < 1.29 is 14.0 Å². The number of nitrogens with one attached hydrogen (secondary N) is 1. The zero-order chi connectivity index (χ0) is 24.3. The Hall–Kier alpha value is -3.12. The van der Waals surface area contributed by atoms with Crippen LogP contribution < -0.4 is 5.32 Å². The molecule has 0 aliphatic heterocycles. The first kappa shape index (κ1) is 25.5. The zero-order valence-electron chi connectivity index (χ0n) is 19.7. The fraction of sp³-hybridized carbons (Fsp3) is 0.286. The average Bonchev–Trinajstić information content (AvgIpc) is 2.83. The molecule has 1 atom stereocenters. The molecule has 0 aliphatic rings. The van der Waals surface area contributed by atoms with E-state index in [-0.39, 0.29) is 23.4 Å². The summed E-state index contributed by atoms with van der Waals surface area (Å²) >= 11 is 1.36. The third kappa shape index (κ3) is 7.45. The Kier molecular flexibility index (Phi) is 9.71. The van der Waals surface area contributed by atoms with Gasteiger partial charge in [-0.2, -0.15) is 0 Å². The summed E-state index contributed by atoms with van der Waals surface area (Å²) in [7, 11) is 0. The van der Waals surface area contributed by atoms with Crippen molar-refractivity contribution in [1.82, 2.24) is 10.2 Å². The van der Waals surface area contributed by atoms with E-state index in [1.165, 1.54) is 17.8 Å². The van der Waals surface area contributed by atoms with Gasteiger partial charge in [-0.15, -0.1) is 11.8 Å². The highest BCUT2D eigenvalue weighted by molar-refractivity contribution is 7.99. The average molecular weight is 479 g/mol. The normalized spacial score (nSPS) is 11.6. The minimum absolute atomic E-state index is 0.143. The van der Waals surface area contributed by atoms with Crippen molar-refractivity contribution in [3.8, 4) is 0 Å². The Labute approximate surface area is 205 Å². The molecule has 2 amide bonds. The fourth-order valence-corrected chi connectivity index (χ4v) is 4.70. The monoisotopic (exact) mass is 478 g/mol. The Morgan fingerprint density at radius 2 is 1.68 bits per heavy atom. The van der Waals surface area contributed by atoms with Crippen molar-refractivity contribution >= 4 is 23.6 Å². The molecule has 0 saturated carbocycles. The molecule has 178 valence electrons. The van der Waals surface area contributed by atoms with E-state index in [9.17, 15) is 14.0 Å². The number of hydrogen-bond donors (Lipinski definition) is 1. The molecule has 0 spiro atoms. The van der Waals surface area contributed by atoms with Gasteiger partial charge in [0, 0.05) is 25.3 Å². The lowest BCUT2D eigenvalue weighted by molar-refractivity contribution is -0.139. The summed E-state index contributed by atoms with van der Waals surface area (Å²) in [6.07, 6.45) is 0.419. The number of nitrogens with zero attached hydrogens (tertiary/aromatic N) is 1. The van der Waals surface area contributed by atoms with Gasteiger partial charge in [-0.1, -0.05) is 78.4 Å². The molecule has 0 saturated heterocycles. The van der Waals surface area contributed by atoms with Crippen LogP contribution in [-0.4, -0.2) is 35.1 Å². The smallest absolute Gasteiger partial charge is 0.243 e. The van der Waals surface area contributed by atoms with Gasteiger partial charge in [0.05, 0.1) is 5.75 Å². The molecular weight excluding hydrogens is 447 g/mol. The Morgan fingerprint density at radius 1 is 0.971 bits per heavy atom. The molecule has 0 aliphatic carbocycles. The number of likely N-dealkylation sites (N-methyl/N-ethyl adjacent to an activating group) is 1. The van der Waals surface area contributed by atoms with Crippen LogP contribution in [0, 0.1) is 12.7 Å². The predicted molar refractivity (Wildman–Crippen MR) is 137 cm³/mol. The van der Waals surface area contributed by atoms with Gasteiger partial charge in [-0.3, -0.25) is 9.59 Å². The molecule has 3 aromatic rings. The van der Waals surface area contributed by atoms with Crippen LogP contribution in [0.3, 0.4) is 0 Å². The van der Waals surface area contributed by atoms with Gasteiger partial charge < -0.3 is 10.2 Å². The molecule has 0 unspecified atom stereocenters. The lowest BCUT2D eigenvalue weighted by atomic mass is 10.0. The number of halogens is 1. The molecule has 3 aromatic carbocycles. The Balaban J connectivity index is 1.83. The van der Waals surface area contributed by atoms with E-state index in [0.29, 0.717) is 30.8 Å². The van der Waals surface area contributed by atoms with Crippen LogP contribution in [0.2, 0.25) is 0 Å². The number of rotatable bonds is 11. The van der Waals surface area contributed by atoms with Crippen LogP contribution in [0.5, 0.6) is 0 Å². The Bertz CT molecular complexity index is 1090. The molecular formula is C28H31FN2O2S. The minimum atomic E-state index is -0.649. The largest absolute Gasteiger partial charge is 0.355 e. The zero-order valence-corrected chi connectivity index (χ0v) is 20.5. The second kappa shape index (κ2) is 12.9. The SMILES string of the molecule is CCNC(=O)[C@@H](Cc1ccccc1)N(Cc1cccc(C)c1)C(=O)CSCc1ccccc1F. The minimum Gasteiger partial charge on any atom is -0.355 e. The first-order valence-electron chi connectivity index (χ1n) is 11.5. The van der Waals surface area contributed by atoms with Crippen molar-refractivity contribution in [3.63, 3.8) is 0 Å². The molecule has 34 heavy (non-hydrogen) atoms. The number of hydrogen-bond acceptors (Lipinski definition) is 3. The van der Waals surface area contributed by atoms with Crippen molar-refractivity contribution in [3.05, 3.63) is 107 Å². The van der Waals surface area contributed by atoms with Gasteiger partial charge in [-0.25, -0.2) is 4.39 Å². The van der Waals surface area contributed by atoms with Crippen LogP contribution >= 0.6 is 11.8 Å². The maximum atomic E-state index is 14.0. The van der Waals surface area contributed by atoms with Gasteiger partial charge in [0.25, 0.3) is 0 Å². The summed E-state index contributed by atoms with van der Waals surface area (Å²) in [5.41, 5.74) is 3.61. The molecule has 0 heterocycles. The molecule has 0 bridgehead atoms. The summed E-state index contributed by atoms with van der Waals surface area (Å²) in [5, 5.41) is 2.90. The molecule has 0 radical (unpaired) electrons. The first-order valence-corrected chi connectivity index (χ1v) is 12.6. The summed E-state index contributed by atoms with van der Waals surface area (Å²) in [6.45, 7) is 4.69. The second-order valence-electron chi connectivity index (χ2n) is 8.20. The summed E-state index contributed by atoms with van der Waals surface area (Å²) < 4.78 is 14.0. The molecule has 0 fully saturated rings. The second-order valence-corrected chi connectivity index (χ2v) is 9.18. The van der Waals surface area contributed by atoms with Gasteiger partial charge >= 0.3 is 0 Å². The summed E-state index contributed by atoms with van der Waals surface area (Å²) in [5.74, 6) is -0.0451. The van der Waals surface area contributed by atoms with Crippen molar-refractivity contribution in [2.45, 2.75) is 38.6 Å². The van der Waals surface area contributed by atoms with E-state index in [0.717, 1.165) is 16.7 Å². The van der Waals surface area contributed by atoms with Crippen LogP contribution in [0.25, 0.3) is 0 Å². The summed E-state index contributed by atoms with van der Waals surface area (Å²) in [6, 6.07) is 23.6. The van der Waals surface area contributed by atoms with E-state index in [1.807, 2.05) is 68.4 Å². The standard InChI is InChI=1S/C28H31FN2O2S/c1-3-30-28(33)26(17-22-11-5-4-6-12-22)31(18-23-13-9-10-21(2)16-23)27(32)20-34-19-24-14-7-8-15-25(24)29/h4-16,26H,3,17-20H2,1-2H3,(H,30,33)/t26-/m1/s1.